The van der Waals surface area contributed by atoms with Crippen molar-refractivity contribution in [3.8, 4) is 0 Å². The molecule has 1 aromatic carbocycles. The van der Waals surface area contributed by atoms with E-state index in [9.17, 15) is 4.39 Å². The van der Waals surface area contributed by atoms with Gasteiger partial charge in [0, 0.05) is 11.8 Å². The lowest BCUT2D eigenvalue weighted by Crippen LogP contribution is -2.17. The van der Waals surface area contributed by atoms with E-state index in [1.165, 1.54) is 12.1 Å². The number of oxime groups is 1. The van der Waals surface area contributed by atoms with Crippen molar-refractivity contribution in [2.75, 3.05) is 0 Å². The number of hydrogen-bond acceptors (Lipinski definition) is 3. The van der Waals surface area contributed by atoms with E-state index < -0.39 is 5.82 Å². The Morgan fingerprint density at radius 1 is 1.58 bits per heavy atom. The van der Waals surface area contributed by atoms with Crippen LogP contribution in [0.3, 0.4) is 0 Å². The molecule has 0 aliphatic rings. The highest BCUT2D eigenvalue weighted by molar-refractivity contribution is 6.31. The smallest absolute Gasteiger partial charge is 0.170 e. The summed E-state index contributed by atoms with van der Waals surface area (Å²) in [6.45, 7) is 2.13. The zero-order valence-electron chi connectivity index (χ0n) is 10.1. The van der Waals surface area contributed by atoms with E-state index in [-0.39, 0.29) is 5.84 Å². The third-order valence-corrected chi connectivity index (χ3v) is 3.05. The number of nitrogens with zero attached hydrogens (tertiary/aromatic N) is 3. The molecule has 2 rings (SSSR count). The third kappa shape index (κ3) is 2.85. The summed E-state index contributed by atoms with van der Waals surface area (Å²) in [5.41, 5.74) is 7.24. The minimum atomic E-state index is -0.458. The number of hydrogen-bond donors (Lipinski definition) is 2. The van der Waals surface area contributed by atoms with Crippen LogP contribution in [0.1, 0.15) is 16.8 Å². The summed E-state index contributed by atoms with van der Waals surface area (Å²) in [6, 6.07) is 4.08. The molecule has 1 heterocycles. The Bertz CT molecular complexity index is 619. The minimum absolute atomic E-state index is 0.149. The summed E-state index contributed by atoms with van der Waals surface area (Å²) in [4.78, 5) is 0. The largest absolute Gasteiger partial charge is 0.409 e. The van der Waals surface area contributed by atoms with Crippen LogP contribution in [0.2, 0.25) is 5.02 Å². The summed E-state index contributed by atoms with van der Waals surface area (Å²) in [7, 11) is 0. The van der Waals surface area contributed by atoms with Crippen LogP contribution in [-0.2, 0) is 6.54 Å². The van der Waals surface area contributed by atoms with Crippen LogP contribution in [0.4, 0.5) is 4.39 Å². The molecule has 0 amide bonds. The summed E-state index contributed by atoms with van der Waals surface area (Å²) in [5, 5.41) is 16.4. The van der Waals surface area contributed by atoms with E-state index in [2.05, 4.69) is 10.3 Å². The van der Waals surface area contributed by atoms with Gasteiger partial charge in [-0.15, -0.1) is 0 Å². The van der Waals surface area contributed by atoms with Gasteiger partial charge in [-0.3, -0.25) is 4.68 Å². The van der Waals surface area contributed by atoms with Crippen molar-refractivity contribution in [2.24, 2.45) is 10.9 Å². The lowest BCUT2D eigenvalue weighted by atomic mass is 10.1. The highest BCUT2D eigenvalue weighted by atomic mass is 35.5. The summed E-state index contributed by atoms with van der Waals surface area (Å²) in [5.74, 6) is -0.607. The van der Waals surface area contributed by atoms with Gasteiger partial charge in [0.05, 0.1) is 17.3 Å². The molecule has 0 saturated carbocycles. The van der Waals surface area contributed by atoms with Gasteiger partial charge in [-0.1, -0.05) is 22.8 Å². The van der Waals surface area contributed by atoms with E-state index >= 15 is 0 Å². The van der Waals surface area contributed by atoms with Crippen LogP contribution in [0.15, 0.2) is 29.6 Å². The summed E-state index contributed by atoms with van der Waals surface area (Å²) in [6.07, 6.45) is 1.66. The maximum Gasteiger partial charge on any atom is 0.170 e. The van der Waals surface area contributed by atoms with Crippen LogP contribution in [0.5, 0.6) is 0 Å². The number of amidine groups is 1. The first-order valence-corrected chi connectivity index (χ1v) is 5.85. The fraction of sp³-hybridized carbons (Fsp3) is 0.167. The zero-order valence-corrected chi connectivity index (χ0v) is 10.9. The topological polar surface area (TPSA) is 76.4 Å². The standard InChI is InChI=1S/C12H12ClFN4O/c1-7-11(13)6-18(16-7)5-8-2-3-9(14)4-10(8)12(15)17-19/h2-4,6,19H,5H2,1H3,(H2,15,17). The van der Waals surface area contributed by atoms with Gasteiger partial charge in [-0.05, 0) is 24.6 Å². The van der Waals surface area contributed by atoms with Crippen LogP contribution >= 0.6 is 11.6 Å². The summed E-state index contributed by atoms with van der Waals surface area (Å²) >= 11 is 5.92. The van der Waals surface area contributed by atoms with Gasteiger partial charge < -0.3 is 10.9 Å². The Balaban J connectivity index is 2.39. The van der Waals surface area contributed by atoms with Gasteiger partial charge >= 0.3 is 0 Å². The predicted molar refractivity (Wildman–Crippen MR) is 70.0 cm³/mol. The second kappa shape index (κ2) is 5.27. The van der Waals surface area contributed by atoms with Crippen LogP contribution in [0.25, 0.3) is 0 Å². The molecule has 0 saturated heterocycles. The van der Waals surface area contributed by atoms with Crippen molar-refractivity contribution in [1.29, 1.82) is 0 Å². The Hall–Kier alpha value is -2.08. The van der Waals surface area contributed by atoms with Gasteiger partial charge in [0.1, 0.15) is 5.82 Å². The molecule has 3 N–H and O–H groups in total. The Kier molecular flexibility index (Phi) is 3.71. The number of aromatic nitrogens is 2. The molecule has 0 radical (unpaired) electrons. The van der Waals surface area contributed by atoms with Crippen LogP contribution < -0.4 is 5.73 Å². The minimum Gasteiger partial charge on any atom is -0.409 e. The molecule has 0 aliphatic carbocycles. The first-order chi connectivity index (χ1) is 9.01. The van der Waals surface area contributed by atoms with Crippen molar-refractivity contribution in [2.45, 2.75) is 13.5 Å². The van der Waals surface area contributed by atoms with E-state index in [0.717, 1.165) is 0 Å². The van der Waals surface area contributed by atoms with E-state index in [4.69, 9.17) is 22.5 Å². The van der Waals surface area contributed by atoms with Crippen LogP contribution in [-0.4, -0.2) is 20.8 Å². The molecular formula is C12H12ClFN4O. The maximum atomic E-state index is 13.2. The third-order valence-electron chi connectivity index (χ3n) is 2.67. The number of nitrogens with two attached hydrogens (primary N) is 1. The van der Waals surface area contributed by atoms with Crippen molar-refractivity contribution in [3.05, 3.63) is 52.1 Å². The van der Waals surface area contributed by atoms with E-state index in [1.54, 1.807) is 23.9 Å². The van der Waals surface area contributed by atoms with Crippen LogP contribution in [0, 0.1) is 12.7 Å². The average molecular weight is 283 g/mol. The number of halogens is 2. The number of rotatable bonds is 3. The molecule has 100 valence electrons. The molecule has 0 bridgehead atoms. The second-order valence-corrected chi connectivity index (χ2v) is 4.45. The Morgan fingerprint density at radius 3 is 2.89 bits per heavy atom. The molecule has 0 unspecified atom stereocenters. The Labute approximate surface area is 114 Å². The lowest BCUT2D eigenvalue weighted by Gasteiger charge is -2.08. The highest BCUT2D eigenvalue weighted by Crippen LogP contribution is 2.16. The second-order valence-electron chi connectivity index (χ2n) is 4.05. The monoisotopic (exact) mass is 282 g/mol. The van der Waals surface area contributed by atoms with Gasteiger partial charge in [0.15, 0.2) is 5.84 Å². The molecule has 0 atom stereocenters. The fourth-order valence-electron chi connectivity index (χ4n) is 1.73. The summed E-state index contributed by atoms with van der Waals surface area (Å²) < 4.78 is 14.8. The molecule has 0 spiro atoms. The Morgan fingerprint density at radius 2 is 2.32 bits per heavy atom. The quantitative estimate of drug-likeness (QED) is 0.392. The molecule has 1 aromatic heterocycles. The molecule has 19 heavy (non-hydrogen) atoms. The van der Waals surface area contributed by atoms with Crippen molar-refractivity contribution >= 4 is 17.4 Å². The highest BCUT2D eigenvalue weighted by Gasteiger charge is 2.10. The van der Waals surface area contributed by atoms with E-state index in [1.807, 2.05) is 0 Å². The lowest BCUT2D eigenvalue weighted by molar-refractivity contribution is 0.318. The van der Waals surface area contributed by atoms with Gasteiger partial charge in [0.25, 0.3) is 0 Å². The van der Waals surface area contributed by atoms with Gasteiger partial charge in [-0.25, -0.2) is 4.39 Å². The number of aryl methyl sites for hydroxylation is 1. The van der Waals surface area contributed by atoms with Crippen molar-refractivity contribution in [3.63, 3.8) is 0 Å². The molecule has 7 heteroatoms. The molecule has 0 fully saturated rings. The number of benzene rings is 1. The molecule has 5 nitrogen and oxygen atoms in total. The fourth-order valence-corrected chi connectivity index (χ4v) is 1.88. The molecular weight excluding hydrogens is 271 g/mol. The predicted octanol–water partition coefficient (Wildman–Crippen LogP) is 2.13. The normalized spacial score (nSPS) is 11.8. The first-order valence-electron chi connectivity index (χ1n) is 5.47. The SMILES string of the molecule is Cc1nn(Cc2ccc(F)cc2C(N)=NO)cc1Cl. The van der Waals surface area contributed by atoms with Crippen molar-refractivity contribution < 1.29 is 9.60 Å². The molecule has 0 aliphatic heterocycles. The van der Waals surface area contributed by atoms with E-state index in [0.29, 0.717) is 28.4 Å². The van der Waals surface area contributed by atoms with Crippen molar-refractivity contribution in [1.82, 2.24) is 9.78 Å². The van der Waals surface area contributed by atoms with Gasteiger partial charge in [0.2, 0.25) is 0 Å². The maximum absolute atomic E-state index is 13.2. The molecule has 2 aromatic rings. The average Bonchev–Trinajstić information content (AvgIpc) is 2.69. The first kappa shape index (κ1) is 13.4. The van der Waals surface area contributed by atoms with Gasteiger partial charge in [-0.2, -0.15) is 5.10 Å². The zero-order chi connectivity index (χ0) is 14.0.